The van der Waals surface area contributed by atoms with Crippen LogP contribution in [-0.4, -0.2) is 17.5 Å². The lowest BCUT2D eigenvalue weighted by Gasteiger charge is -2.14. The molecule has 1 aromatic heterocycles. The summed E-state index contributed by atoms with van der Waals surface area (Å²) < 4.78 is 32.1. The molecule has 1 amide bonds. The predicted octanol–water partition coefficient (Wildman–Crippen LogP) is 4.91. The van der Waals surface area contributed by atoms with Crippen LogP contribution < -0.4 is 10.1 Å². The first-order valence-electron chi connectivity index (χ1n) is 8.88. The van der Waals surface area contributed by atoms with Crippen LogP contribution in [0.2, 0.25) is 0 Å². The van der Waals surface area contributed by atoms with Gasteiger partial charge in [0.25, 0.3) is 0 Å². The second-order valence-electron chi connectivity index (χ2n) is 6.21. The van der Waals surface area contributed by atoms with Gasteiger partial charge >= 0.3 is 0 Å². The monoisotopic (exact) mass is 402 g/mol. The minimum absolute atomic E-state index is 0.0985. The first-order chi connectivity index (χ1) is 13.5. The standard InChI is InChI=1S/C21H20F2N2O2S/c1-3-27-19-7-5-4-6-16(19)21-25-15(12-28-21)11-20(26)24-13(2)14-8-9-17(22)18(23)10-14/h4-10,12-13H,3,11H2,1-2H3,(H,24,26)/t13-/m1/s1. The van der Waals surface area contributed by atoms with E-state index < -0.39 is 17.7 Å². The lowest BCUT2D eigenvalue weighted by atomic mass is 10.1. The summed E-state index contributed by atoms with van der Waals surface area (Å²) in [6.07, 6.45) is 0.0985. The van der Waals surface area contributed by atoms with Crippen molar-refractivity contribution in [1.82, 2.24) is 10.3 Å². The molecule has 0 unspecified atom stereocenters. The molecule has 4 nitrogen and oxygen atoms in total. The number of aromatic nitrogens is 1. The fourth-order valence-electron chi connectivity index (χ4n) is 2.76. The first-order valence-corrected chi connectivity index (χ1v) is 9.76. The van der Waals surface area contributed by atoms with Gasteiger partial charge in [-0.05, 0) is 43.7 Å². The third-order valence-electron chi connectivity index (χ3n) is 4.13. The number of benzene rings is 2. The molecule has 0 aliphatic heterocycles. The molecule has 0 aliphatic carbocycles. The summed E-state index contributed by atoms with van der Waals surface area (Å²) in [4.78, 5) is 16.9. The van der Waals surface area contributed by atoms with Gasteiger partial charge in [-0.15, -0.1) is 11.3 Å². The molecule has 1 atom stereocenters. The Morgan fingerprint density at radius 3 is 2.75 bits per heavy atom. The number of nitrogens with zero attached hydrogens (tertiary/aromatic N) is 1. The zero-order chi connectivity index (χ0) is 20.1. The molecule has 0 saturated carbocycles. The Kier molecular flexibility index (Phi) is 6.36. The topological polar surface area (TPSA) is 51.2 Å². The van der Waals surface area contributed by atoms with E-state index in [-0.39, 0.29) is 12.3 Å². The molecule has 1 heterocycles. The van der Waals surface area contributed by atoms with E-state index in [0.29, 0.717) is 17.9 Å². The van der Waals surface area contributed by atoms with Crippen molar-refractivity contribution in [2.75, 3.05) is 6.61 Å². The Labute approximate surface area is 166 Å². The number of hydrogen-bond acceptors (Lipinski definition) is 4. The average Bonchev–Trinajstić information content (AvgIpc) is 3.12. The number of carbonyl (C=O) groups is 1. The van der Waals surface area contributed by atoms with Gasteiger partial charge in [-0.1, -0.05) is 18.2 Å². The largest absolute Gasteiger partial charge is 0.493 e. The van der Waals surface area contributed by atoms with Crippen molar-refractivity contribution in [3.8, 4) is 16.3 Å². The number of hydrogen-bond donors (Lipinski definition) is 1. The number of halogens is 2. The molecule has 3 aromatic rings. The Morgan fingerprint density at radius 2 is 2.00 bits per heavy atom. The van der Waals surface area contributed by atoms with Crippen molar-refractivity contribution in [3.63, 3.8) is 0 Å². The Hall–Kier alpha value is -2.80. The van der Waals surface area contributed by atoms with Gasteiger partial charge < -0.3 is 10.1 Å². The van der Waals surface area contributed by atoms with Crippen molar-refractivity contribution >= 4 is 17.2 Å². The average molecular weight is 402 g/mol. The van der Waals surface area contributed by atoms with Gasteiger partial charge in [0, 0.05) is 5.38 Å². The van der Waals surface area contributed by atoms with Crippen LogP contribution in [0.1, 0.15) is 31.1 Å². The van der Waals surface area contributed by atoms with Crippen molar-refractivity contribution in [1.29, 1.82) is 0 Å². The van der Waals surface area contributed by atoms with E-state index in [1.807, 2.05) is 36.6 Å². The first kappa shape index (κ1) is 19.9. The third kappa shape index (κ3) is 4.72. The minimum Gasteiger partial charge on any atom is -0.493 e. The maximum Gasteiger partial charge on any atom is 0.226 e. The number of para-hydroxylation sites is 1. The van der Waals surface area contributed by atoms with Crippen LogP contribution in [0.5, 0.6) is 5.75 Å². The fourth-order valence-corrected chi connectivity index (χ4v) is 3.61. The summed E-state index contributed by atoms with van der Waals surface area (Å²) >= 11 is 1.44. The lowest BCUT2D eigenvalue weighted by Crippen LogP contribution is -2.28. The maximum atomic E-state index is 13.4. The number of ether oxygens (including phenoxy) is 1. The van der Waals surface area contributed by atoms with Gasteiger partial charge in [-0.25, -0.2) is 13.8 Å². The molecular weight excluding hydrogens is 382 g/mol. The lowest BCUT2D eigenvalue weighted by molar-refractivity contribution is -0.121. The highest BCUT2D eigenvalue weighted by atomic mass is 32.1. The van der Waals surface area contributed by atoms with Crippen LogP contribution in [0.15, 0.2) is 47.8 Å². The van der Waals surface area contributed by atoms with Gasteiger partial charge in [0.2, 0.25) is 5.91 Å². The maximum absolute atomic E-state index is 13.4. The molecule has 7 heteroatoms. The van der Waals surface area contributed by atoms with E-state index >= 15 is 0 Å². The molecule has 0 spiro atoms. The Balaban J connectivity index is 1.66. The number of thiazole rings is 1. The summed E-state index contributed by atoms with van der Waals surface area (Å²) in [6.45, 7) is 4.19. The quantitative estimate of drug-likeness (QED) is 0.611. The second kappa shape index (κ2) is 8.93. The number of nitrogens with one attached hydrogen (secondary N) is 1. The molecular formula is C21H20F2N2O2S. The summed E-state index contributed by atoms with van der Waals surface area (Å²) in [6, 6.07) is 10.8. The van der Waals surface area contributed by atoms with Crippen molar-refractivity contribution < 1.29 is 18.3 Å². The predicted molar refractivity (Wildman–Crippen MR) is 105 cm³/mol. The number of amides is 1. The van der Waals surface area contributed by atoms with Gasteiger partial charge in [0.15, 0.2) is 11.6 Å². The van der Waals surface area contributed by atoms with Crippen LogP contribution in [0.4, 0.5) is 8.78 Å². The molecule has 0 aliphatic rings. The molecule has 0 fully saturated rings. The van der Waals surface area contributed by atoms with E-state index in [1.54, 1.807) is 6.92 Å². The molecule has 2 aromatic carbocycles. The molecule has 1 N–H and O–H groups in total. The van der Waals surface area contributed by atoms with Gasteiger partial charge in [-0.2, -0.15) is 0 Å². The zero-order valence-electron chi connectivity index (χ0n) is 15.5. The van der Waals surface area contributed by atoms with Gasteiger partial charge in [-0.3, -0.25) is 4.79 Å². The van der Waals surface area contributed by atoms with Crippen LogP contribution in [0, 0.1) is 11.6 Å². The van der Waals surface area contributed by atoms with Crippen LogP contribution in [-0.2, 0) is 11.2 Å². The molecule has 0 bridgehead atoms. The summed E-state index contributed by atoms with van der Waals surface area (Å²) in [7, 11) is 0. The molecule has 3 rings (SSSR count). The Bertz CT molecular complexity index is 975. The van der Waals surface area contributed by atoms with Crippen molar-refractivity contribution in [2.24, 2.45) is 0 Å². The van der Waals surface area contributed by atoms with Crippen molar-refractivity contribution in [2.45, 2.75) is 26.3 Å². The summed E-state index contributed by atoms with van der Waals surface area (Å²) in [5, 5.41) is 5.40. The number of carbonyl (C=O) groups excluding carboxylic acids is 1. The highest BCUT2D eigenvalue weighted by molar-refractivity contribution is 7.13. The normalized spacial score (nSPS) is 11.9. The van der Waals surface area contributed by atoms with E-state index in [9.17, 15) is 13.6 Å². The van der Waals surface area contributed by atoms with Crippen molar-refractivity contribution in [3.05, 3.63) is 70.7 Å². The van der Waals surface area contributed by atoms with E-state index in [4.69, 9.17) is 4.74 Å². The molecule has 146 valence electrons. The minimum atomic E-state index is -0.935. The van der Waals surface area contributed by atoms with Crippen LogP contribution >= 0.6 is 11.3 Å². The molecule has 0 radical (unpaired) electrons. The Morgan fingerprint density at radius 1 is 1.21 bits per heavy atom. The summed E-state index contributed by atoms with van der Waals surface area (Å²) in [5.74, 6) is -1.34. The van der Waals surface area contributed by atoms with E-state index in [0.717, 1.165) is 28.5 Å². The third-order valence-corrected chi connectivity index (χ3v) is 5.06. The highest BCUT2D eigenvalue weighted by Crippen LogP contribution is 2.32. The molecule has 28 heavy (non-hydrogen) atoms. The van der Waals surface area contributed by atoms with Crippen LogP contribution in [0.3, 0.4) is 0 Å². The van der Waals surface area contributed by atoms with Gasteiger partial charge in [0.05, 0.1) is 30.3 Å². The van der Waals surface area contributed by atoms with Gasteiger partial charge in [0.1, 0.15) is 10.8 Å². The fraction of sp³-hybridized carbons (Fsp3) is 0.238. The van der Waals surface area contributed by atoms with E-state index in [2.05, 4.69) is 10.3 Å². The summed E-state index contributed by atoms with van der Waals surface area (Å²) in [5.41, 5.74) is 2.02. The SMILES string of the molecule is CCOc1ccccc1-c1nc(CC(=O)N[C@H](C)c2ccc(F)c(F)c2)cs1. The zero-order valence-corrected chi connectivity index (χ0v) is 16.4. The molecule has 0 saturated heterocycles. The second-order valence-corrected chi connectivity index (χ2v) is 7.07. The number of rotatable bonds is 7. The highest BCUT2D eigenvalue weighted by Gasteiger charge is 2.15. The van der Waals surface area contributed by atoms with E-state index in [1.165, 1.54) is 17.4 Å². The van der Waals surface area contributed by atoms with Crippen LogP contribution in [0.25, 0.3) is 10.6 Å². The smallest absolute Gasteiger partial charge is 0.226 e.